The van der Waals surface area contributed by atoms with Crippen molar-refractivity contribution >= 4 is 5.69 Å². The second-order valence-electron chi connectivity index (χ2n) is 3.74. The van der Waals surface area contributed by atoms with Crippen LogP contribution in [0, 0.1) is 5.82 Å². The van der Waals surface area contributed by atoms with Gasteiger partial charge in [0.15, 0.2) is 0 Å². The van der Waals surface area contributed by atoms with Crippen molar-refractivity contribution in [3.63, 3.8) is 0 Å². The first kappa shape index (κ1) is 14.7. The first-order valence-electron chi connectivity index (χ1n) is 6.04. The van der Waals surface area contributed by atoms with Crippen LogP contribution in [0.1, 0.15) is 13.8 Å². The maximum Gasteiger partial charge on any atom is 0.145 e. The van der Waals surface area contributed by atoms with Gasteiger partial charge >= 0.3 is 0 Å². The molecule has 0 bridgehead atoms. The average molecular weight is 257 g/mol. The Morgan fingerprint density at radius 1 is 1.17 bits per heavy atom. The van der Waals surface area contributed by atoms with Gasteiger partial charge in [-0.1, -0.05) is 0 Å². The molecule has 0 aliphatic heterocycles. The summed E-state index contributed by atoms with van der Waals surface area (Å²) in [7, 11) is 0. The molecule has 5 heteroatoms. The topological polar surface area (TPSA) is 53.7 Å². The van der Waals surface area contributed by atoms with Crippen molar-refractivity contribution in [2.24, 2.45) is 0 Å². The lowest BCUT2D eigenvalue weighted by Crippen LogP contribution is -2.29. The van der Waals surface area contributed by atoms with E-state index < -0.39 is 0 Å². The molecule has 0 radical (unpaired) electrons. The van der Waals surface area contributed by atoms with Crippen LogP contribution in [0.4, 0.5) is 10.1 Å². The van der Waals surface area contributed by atoms with E-state index in [1.807, 2.05) is 13.8 Å². The lowest BCUT2D eigenvalue weighted by Gasteiger charge is -2.19. The minimum absolute atomic E-state index is 0.297. The quantitative estimate of drug-likeness (QED) is 0.726. The van der Waals surface area contributed by atoms with Crippen LogP contribution >= 0.6 is 0 Å². The monoisotopic (exact) mass is 257 g/mol. The van der Waals surface area contributed by atoms with Crippen molar-refractivity contribution < 1.29 is 18.6 Å². The van der Waals surface area contributed by atoms with Crippen molar-refractivity contribution in [1.29, 1.82) is 0 Å². The second kappa shape index (κ2) is 7.89. The van der Waals surface area contributed by atoms with Gasteiger partial charge in [0.1, 0.15) is 17.7 Å². The van der Waals surface area contributed by atoms with Gasteiger partial charge in [0.2, 0.25) is 0 Å². The van der Waals surface area contributed by atoms with Gasteiger partial charge in [0, 0.05) is 19.3 Å². The average Bonchev–Trinajstić information content (AvgIpc) is 2.37. The van der Waals surface area contributed by atoms with Gasteiger partial charge in [-0.3, -0.25) is 0 Å². The molecule has 0 unspecified atom stereocenters. The lowest BCUT2D eigenvalue weighted by molar-refractivity contribution is -0.0000375. The number of nitrogen functional groups attached to an aromatic ring is 1. The van der Waals surface area contributed by atoms with E-state index in [1.165, 1.54) is 18.2 Å². The molecule has 0 aliphatic rings. The van der Waals surface area contributed by atoms with Crippen LogP contribution < -0.4 is 10.5 Å². The zero-order chi connectivity index (χ0) is 13.4. The molecule has 18 heavy (non-hydrogen) atoms. The third-order valence-electron chi connectivity index (χ3n) is 2.28. The van der Waals surface area contributed by atoms with Crippen molar-refractivity contribution in [2.45, 2.75) is 20.0 Å². The summed E-state index contributed by atoms with van der Waals surface area (Å²) < 4.78 is 29.3. The fourth-order valence-electron chi connectivity index (χ4n) is 1.40. The van der Waals surface area contributed by atoms with Crippen LogP contribution in [-0.2, 0) is 9.47 Å². The number of anilines is 1. The van der Waals surface area contributed by atoms with Gasteiger partial charge in [-0.05, 0) is 26.0 Å². The smallest absolute Gasteiger partial charge is 0.145 e. The number of hydrogen-bond acceptors (Lipinski definition) is 4. The zero-order valence-electron chi connectivity index (χ0n) is 10.8. The Kier molecular flexibility index (Phi) is 6.46. The highest BCUT2D eigenvalue weighted by Gasteiger charge is 2.13. The number of benzene rings is 1. The summed E-state index contributed by atoms with van der Waals surface area (Å²) in [5.74, 6) is -0.0647. The summed E-state index contributed by atoms with van der Waals surface area (Å²) in [5, 5.41) is 0. The molecular formula is C13H20FNO3. The highest BCUT2D eigenvalue weighted by molar-refractivity contribution is 5.52. The molecule has 102 valence electrons. The van der Waals surface area contributed by atoms with Crippen molar-refractivity contribution in [2.75, 3.05) is 32.2 Å². The molecule has 0 aromatic heterocycles. The third kappa shape index (κ3) is 4.89. The summed E-state index contributed by atoms with van der Waals surface area (Å²) in [5.41, 5.74) is 6.12. The predicted octanol–water partition coefficient (Wildman–Crippen LogP) is 2.23. The molecular weight excluding hydrogens is 237 g/mol. The Bertz CT molecular complexity index is 352. The molecule has 1 aromatic rings. The minimum Gasteiger partial charge on any atom is -0.483 e. The Morgan fingerprint density at radius 2 is 1.78 bits per heavy atom. The normalized spacial score (nSPS) is 10.9. The Labute approximate surface area is 107 Å². The number of ether oxygens (including phenoxy) is 3. The Hall–Kier alpha value is -1.33. The Morgan fingerprint density at radius 3 is 2.33 bits per heavy atom. The largest absolute Gasteiger partial charge is 0.483 e. The van der Waals surface area contributed by atoms with Crippen LogP contribution in [0.5, 0.6) is 5.75 Å². The van der Waals surface area contributed by atoms with E-state index in [0.29, 0.717) is 37.9 Å². The van der Waals surface area contributed by atoms with Crippen molar-refractivity contribution in [1.82, 2.24) is 0 Å². The minimum atomic E-state index is -0.384. The van der Waals surface area contributed by atoms with Gasteiger partial charge < -0.3 is 19.9 Å². The van der Waals surface area contributed by atoms with Gasteiger partial charge in [-0.2, -0.15) is 0 Å². The first-order valence-corrected chi connectivity index (χ1v) is 6.04. The van der Waals surface area contributed by atoms with Crippen molar-refractivity contribution in [3.05, 3.63) is 24.0 Å². The lowest BCUT2D eigenvalue weighted by atomic mass is 10.3. The maximum absolute atomic E-state index is 13.1. The van der Waals surface area contributed by atoms with E-state index in [-0.39, 0.29) is 11.9 Å². The van der Waals surface area contributed by atoms with E-state index in [9.17, 15) is 4.39 Å². The maximum atomic E-state index is 13.1. The van der Waals surface area contributed by atoms with Crippen LogP contribution in [0.2, 0.25) is 0 Å². The summed E-state index contributed by atoms with van der Waals surface area (Å²) in [6.07, 6.45) is -0.297. The van der Waals surface area contributed by atoms with Crippen LogP contribution in [0.15, 0.2) is 18.2 Å². The van der Waals surface area contributed by atoms with Gasteiger partial charge in [0.05, 0.1) is 18.9 Å². The summed E-state index contributed by atoms with van der Waals surface area (Å²) in [4.78, 5) is 0. The predicted molar refractivity (Wildman–Crippen MR) is 68.2 cm³/mol. The highest BCUT2D eigenvalue weighted by atomic mass is 19.1. The summed E-state index contributed by atoms with van der Waals surface area (Å²) in [6, 6.07) is 4.03. The third-order valence-corrected chi connectivity index (χ3v) is 2.28. The standard InChI is InChI=1S/C13H20FNO3/c1-3-16-8-11(9-17-4-2)18-13-7-10(14)5-6-12(13)15/h5-7,11H,3-4,8-9,15H2,1-2H3. The zero-order valence-corrected chi connectivity index (χ0v) is 10.8. The molecule has 0 amide bonds. The molecule has 4 nitrogen and oxygen atoms in total. The number of rotatable bonds is 8. The van der Waals surface area contributed by atoms with Gasteiger partial charge in [0.25, 0.3) is 0 Å². The highest BCUT2D eigenvalue weighted by Crippen LogP contribution is 2.23. The SMILES string of the molecule is CCOCC(COCC)Oc1cc(F)ccc1N. The fourth-order valence-corrected chi connectivity index (χ4v) is 1.40. The molecule has 0 atom stereocenters. The number of nitrogens with two attached hydrogens (primary N) is 1. The van der Waals surface area contributed by atoms with E-state index in [1.54, 1.807) is 0 Å². The van der Waals surface area contributed by atoms with Crippen molar-refractivity contribution in [3.8, 4) is 5.75 Å². The van der Waals surface area contributed by atoms with E-state index in [0.717, 1.165) is 0 Å². The number of halogens is 1. The molecule has 1 rings (SSSR count). The van der Waals surface area contributed by atoms with Crippen LogP contribution in [0.25, 0.3) is 0 Å². The molecule has 0 saturated carbocycles. The fraction of sp³-hybridized carbons (Fsp3) is 0.538. The molecule has 0 aliphatic carbocycles. The molecule has 0 fully saturated rings. The van der Waals surface area contributed by atoms with Gasteiger partial charge in [-0.15, -0.1) is 0 Å². The molecule has 1 aromatic carbocycles. The molecule has 0 spiro atoms. The van der Waals surface area contributed by atoms with Crippen LogP contribution in [0.3, 0.4) is 0 Å². The number of hydrogen-bond donors (Lipinski definition) is 1. The van der Waals surface area contributed by atoms with E-state index in [4.69, 9.17) is 19.9 Å². The molecule has 2 N–H and O–H groups in total. The second-order valence-corrected chi connectivity index (χ2v) is 3.74. The molecule has 0 saturated heterocycles. The van der Waals surface area contributed by atoms with Crippen LogP contribution in [-0.4, -0.2) is 32.5 Å². The van der Waals surface area contributed by atoms with E-state index >= 15 is 0 Å². The first-order chi connectivity index (χ1) is 8.67. The Balaban J connectivity index is 2.65. The summed E-state index contributed by atoms with van der Waals surface area (Å²) >= 11 is 0. The summed E-state index contributed by atoms with van der Waals surface area (Å²) in [6.45, 7) is 5.73. The van der Waals surface area contributed by atoms with E-state index in [2.05, 4.69) is 0 Å². The molecule has 0 heterocycles. The van der Waals surface area contributed by atoms with Gasteiger partial charge in [-0.25, -0.2) is 4.39 Å².